The Morgan fingerprint density at radius 2 is 1.77 bits per heavy atom. The minimum Gasteiger partial charge on any atom is -0.493 e. The van der Waals surface area contributed by atoms with Crippen molar-refractivity contribution < 1.29 is 14.3 Å². The summed E-state index contributed by atoms with van der Waals surface area (Å²) in [6.45, 7) is 2.39. The van der Waals surface area contributed by atoms with Crippen molar-refractivity contribution in [2.24, 2.45) is 0 Å². The van der Waals surface area contributed by atoms with E-state index in [-0.39, 0.29) is 5.91 Å². The largest absolute Gasteiger partial charge is 0.493 e. The van der Waals surface area contributed by atoms with Gasteiger partial charge in [0.1, 0.15) is 0 Å². The molecule has 0 aliphatic carbocycles. The molecule has 0 aliphatic rings. The van der Waals surface area contributed by atoms with Gasteiger partial charge in [-0.2, -0.15) is 0 Å². The average Bonchev–Trinajstić information content (AvgIpc) is 2.54. The highest BCUT2D eigenvalue weighted by atomic mass is 16.5. The van der Waals surface area contributed by atoms with Crippen LogP contribution in [0, 0.1) is 6.92 Å². The highest BCUT2D eigenvalue weighted by Crippen LogP contribution is 2.31. The van der Waals surface area contributed by atoms with Gasteiger partial charge in [0.25, 0.3) is 5.91 Å². The zero-order chi connectivity index (χ0) is 16.1. The van der Waals surface area contributed by atoms with Crippen LogP contribution >= 0.6 is 0 Å². The molecule has 0 fully saturated rings. The molecular formula is C18H21NO3. The fourth-order valence-electron chi connectivity index (χ4n) is 2.42. The Balaban J connectivity index is 2.24. The SMILES string of the molecule is COc1cccc(CN(C)C(=O)c2ccccc2C)c1OC. The van der Waals surface area contributed by atoms with Gasteiger partial charge in [0.15, 0.2) is 11.5 Å². The predicted molar refractivity (Wildman–Crippen MR) is 86.5 cm³/mol. The Morgan fingerprint density at radius 3 is 2.41 bits per heavy atom. The standard InChI is InChI=1S/C18H21NO3/c1-13-8-5-6-10-15(13)18(20)19(2)12-14-9-7-11-16(21-3)17(14)22-4/h5-11H,12H2,1-4H3. The van der Waals surface area contributed by atoms with Crippen molar-refractivity contribution >= 4 is 5.91 Å². The van der Waals surface area contributed by atoms with E-state index in [9.17, 15) is 4.79 Å². The Labute approximate surface area is 131 Å². The van der Waals surface area contributed by atoms with Crippen LogP contribution in [-0.4, -0.2) is 32.1 Å². The maximum absolute atomic E-state index is 12.6. The maximum Gasteiger partial charge on any atom is 0.254 e. The van der Waals surface area contributed by atoms with E-state index in [4.69, 9.17) is 9.47 Å². The monoisotopic (exact) mass is 299 g/mol. The van der Waals surface area contributed by atoms with Crippen LogP contribution in [0.2, 0.25) is 0 Å². The molecule has 2 rings (SSSR count). The quantitative estimate of drug-likeness (QED) is 0.850. The first-order chi connectivity index (χ1) is 10.6. The van der Waals surface area contributed by atoms with Crippen LogP contribution in [0.4, 0.5) is 0 Å². The molecule has 0 saturated heterocycles. The lowest BCUT2D eigenvalue weighted by Gasteiger charge is -2.20. The summed E-state index contributed by atoms with van der Waals surface area (Å²) in [5.74, 6) is 1.31. The number of amides is 1. The van der Waals surface area contributed by atoms with E-state index in [1.54, 1.807) is 26.2 Å². The topological polar surface area (TPSA) is 38.8 Å². The zero-order valence-corrected chi connectivity index (χ0v) is 13.4. The van der Waals surface area contributed by atoms with Gasteiger partial charge >= 0.3 is 0 Å². The third kappa shape index (κ3) is 3.22. The molecule has 0 atom stereocenters. The van der Waals surface area contributed by atoms with Crippen molar-refractivity contribution in [2.45, 2.75) is 13.5 Å². The highest BCUT2D eigenvalue weighted by Gasteiger charge is 2.17. The first kappa shape index (κ1) is 15.9. The number of hydrogen-bond donors (Lipinski definition) is 0. The Hall–Kier alpha value is -2.49. The van der Waals surface area contributed by atoms with Crippen LogP contribution in [0.25, 0.3) is 0 Å². The summed E-state index contributed by atoms with van der Waals surface area (Å²) in [6.07, 6.45) is 0. The number of ether oxygens (including phenoxy) is 2. The number of nitrogens with zero attached hydrogens (tertiary/aromatic N) is 1. The molecule has 1 amide bonds. The van der Waals surface area contributed by atoms with Gasteiger partial charge in [-0.3, -0.25) is 4.79 Å². The van der Waals surface area contributed by atoms with Crippen molar-refractivity contribution in [3.8, 4) is 11.5 Å². The van der Waals surface area contributed by atoms with E-state index in [2.05, 4.69) is 0 Å². The Bertz CT molecular complexity index is 667. The number of carbonyl (C=O) groups is 1. The molecular weight excluding hydrogens is 278 g/mol. The second kappa shape index (κ2) is 6.98. The van der Waals surface area contributed by atoms with Crippen molar-refractivity contribution in [3.63, 3.8) is 0 Å². The Kier molecular flexibility index (Phi) is 5.04. The van der Waals surface area contributed by atoms with Gasteiger partial charge in [-0.15, -0.1) is 0 Å². The minimum atomic E-state index is -0.0111. The second-order valence-electron chi connectivity index (χ2n) is 5.13. The fraction of sp³-hybridized carbons (Fsp3) is 0.278. The van der Waals surface area contributed by atoms with Crippen LogP contribution < -0.4 is 9.47 Å². The summed E-state index contributed by atoms with van der Waals surface area (Å²) in [6, 6.07) is 13.2. The fourth-order valence-corrected chi connectivity index (χ4v) is 2.42. The maximum atomic E-state index is 12.6. The van der Waals surface area contributed by atoms with Crippen molar-refractivity contribution in [1.29, 1.82) is 0 Å². The second-order valence-corrected chi connectivity index (χ2v) is 5.13. The normalized spacial score (nSPS) is 10.2. The molecule has 4 heteroatoms. The molecule has 0 radical (unpaired) electrons. The van der Waals surface area contributed by atoms with E-state index >= 15 is 0 Å². The summed E-state index contributed by atoms with van der Waals surface area (Å²) >= 11 is 0. The van der Waals surface area contributed by atoms with Gasteiger partial charge < -0.3 is 14.4 Å². The van der Waals surface area contributed by atoms with Crippen LogP contribution in [0.1, 0.15) is 21.5 Å². The lowest BCUT2D eigenvalue weighted by molar-refractivity contribution is 0.0783. The van der Waals surface area contributed by atoms with Gasteiger partial charge in [-0.1, -0.05) is 30.3 Å². The number of aryl methyl sites for hydroxylation is 1. The summed E-state index contributed by atoms with van der Waals surface area (Å²) < 4.78 is 10.7. The molecule has 4 nitrogen and oxygen atoms in total. The lowest BCUT2D eigenvalue weighted by Crippen LogP contribution is -2.27. The molecule has 0 spiro atoms. The van der Waals surface area contributed by atoms with Crippen LogP contribution in [0.15, 0.2) is 42.5 Å². The van der Waals surface area contributed by atoms with Gasteiger partial charge in [-0.05, 0) is 24.6 Å². The van der Waals surface area contributed by atoms with Gasteiger partial charge in [-0.25, -0.2) is 0 Å². The molecule has 0 bridgehead atoms. The van der Waals surface area contributed by atoms with Crippen molar-refractivity contribution in [3.05, 3.63) is 59.2 Å². The smallest absolute Gasteiger partial charge is 0.254 e. The number of benzene rings is 2. The lowest BCUT2D eigenvalue weighted by atomic mass is 10.1. The summed E-state index contributed by atoms with van der Waals surface area (Å²) in [7, 11) is 4.99. The van der Waals surface area contributed by atoms with Crippen molar-refractivity contribution in [2.75, 3.05) is 21.3 Å². The van der Waals surface area contributed by atoms with Crippen LogP contribution in [0.5, 0.6) is 11.5 Å². The molecule has 0 aliphatic heterocycles. The van der Waals surface area contributed by atoms with Gasteiger partial charge in [0, 0.05) is 24.7 Å². The van der Waals surface area contributed by atoms with E-state index in [0.29, 0.717) is 23.6 Å². The van der Waals surface area contributed by atoms with Crippen molar-refractivity contribution in [1.82, 2.24) is 4.90 Å². The first-order valence-corrected chi connectivity index (χ1v) is 7.09. The molecule has 2 aromatic carbocycles. The summed E-state index contributed by atoms with van der Waals surface area (Å²) in [5.41, 5.74) is 2.59. The molecule has 116 valence electrons. The minimum absolute atomic E-state index is 0.0111. The van der Waals surface area contributed by atoms with E-state index in [0.717, 1.165) is 11.1 Å². The third-order valence-corrected chi connectivity index (χ3v) is 3.61. The van der Waals surface area contributed by atoms with Crippen LogP contribution in [-0.2, 0) is 6.54 Å². The van der Waals surface area contributed by atoms with Gasteiger partial charge in [0.2, 0.25) is 0 Å². The zero-order valence-electron chi connectivity index (χ0n) is 13.4. The molecule has 0 saturated carbocycles. The number of hydrogen-bond acceptors (Lipinski definition) is 3. The Morgan fingerprint density at radius 1 is 1.05 bits per heavy atom. The molecule has 2 aromatic rings. The molecule has 22 heavy (non-hydrogen) atoms. The van der Waals surface area contributed by atoms with Gasteiger partial charge in [0.05, 0.1) is 14.2 Å². The van der Waals surface area contributed by atoms with E-state index in [1.807, 2.05) is 49.4 Å². The van der Waals surface area contributed by atoms with E-state index in [1.165, 1.54) is 0 Å². The average molecular weight is 299 g/mol. The van der Waals surface area contributed by atoms with E-state index < -0.39 is 0 Å². The highest BCUT2D eigenvalue weighted by molar-refractivity contribution is 5.95. The molecule has 0 aromatic heterocycles. The number of methoxy groups -OCH3 is 2. The molecule has 0 unspecified atom stereocenters. The molecule has 0 heterocycles. The molecule has 0 N–H and O–H groups in total. The first-order valence-electron chi connectivity index (χ1n) is 7.09. The number of carbonyl (C=O) groups excluding carboxylic acids is 1. The number of para-hydroxylation sites is 1. The number of rotatable bonds is 5. The van der Waals surface area contributed by atoms with Crippen LogP contribution in [0.3, 0.4) is 0 Å². The predicted octanol–water partition coefficient (Wildman–Crippen LogP) is 3.28. The summed E-state index contributed by atoms with van der Waals surface area (Å²) in [4.78, 5) is 14.3. The summed E-state index contributed by atoms with van der Waals surface area (Å²) in [5, 5.41) is 0. The third-order valence-electron chi connectivity index (χ3n) is 3.61.